The molecule has 1 saturated carbocycles. The molecule has 2 rings (SSSR count). The summed E-state index contributed by atoms with van der Waals surface area (Å²) in [5.74, 6) is 0.686. The van der Waals surface area contributed by atoms with Crippen molar-refractivity contribution in [2.75, 3.05) is 5.73 Å². The molecule has 1 aliphatic rings. The lowest BCUT2D eigenvalue weighted by molar-refractivity contribution is 1.13. The van der Waals surface area contributed by atoms with Crippen molar-refractivity contribution in [1.82, 2.24) is 0 Å². The standard InChI is InChI=1S/C9H10ClN/c10-9-4-3-7(11)5-8(9)6-1-2-6/h3-6H,1-2,11H2. The monoisotopic (exact) mass is 167 g/mol. The van der Waals surface area contributed by atoms with Gasteiger partial charge in [-0.1, -0.05) is 11.6 Å². The summed E-state index contributed by atoms with van der Waals surface area (Å²) in [6.07, 6.45) is 2.53. The number of nitrogens with two attached hydrogens (primary N) is 1. The molecular formula is C9H10ClN. The summed E-state index contributed by atoms with van der Waals surface area (Å²) < 4.78 is 0. The third kappa shape index (κ3) is 1.33. The summed E-state index contributed by atoms with van der Waals surface area (Å²) in [7, 11) is 0. The first-order valence-electron chi connectivity index (χ1n) is 3.82. The molecule has 1 nitrogen and oxygen atoms in total. The van der Waals surface area contributed by atoms with Gasteiger partial charge in [0.05, 0.1) is 0 Å². The lowest BCUT2D eigenvalue weighted by Crippen LogP contribution is -1.87. The van der Waals surface area contributed by atoms with Crippen molar-refractivity contribution in [3.63, 3.8) is 0 Å². The van der Waals surface area contributed by atoms with E-state index in [1.807, 2.05) is 18.2 Å². The Hall–Kier alpha value is -0.690. The van der Waals surface area contributed by atoms with E-state index < -0.39 is 0 Å². The Kier molecular flexibility index (Phi) is 1.53. The molecular weight excluding hydrogens is 158 g/mol. The van der Waals surface area contributed by atoms with E-state index in [2.05, 4.69) is 0 Å². The number of hydrogen-bond donors (Lipinski definition) is 1. The first-order valence-corrected chi connectivity index (χ1v) is 4.20. The first-order chi connectivity index (χ1) is 5.27. The fourth-order valence-corrected chi connectivity index (χ4v) is 1.54. The second kappa shape index (κ2) is 2.42. The summed E-state index contributed by atoms with van der Waals surface area (Å²) in [6, 6.07) is 5.71. The van der Waals surface area contributed by atoms with E-state index in [1.54, 1.807) is 0 Å². The van der Waals surface area contributed by atoms with E-state index in [4.69, 9.17) is 17.3 Å². The lowest BCUT2D eigenvalue weighted by Gasteiger charge is -2.01. The summed E-state index contributed by atoms with van der Waals surface area (Å²) in [5.41, 5.74) is 7.68. The van der Waals surface area contributed by atoms with E-state index >= 15 is 0 Å². The second-order valence-electron chi connectivity index (χ2n) is 3.06. The maximum absolute atomic E-state index is 5.98. The van der Waals surface area contributed by atoms with Crippen LogP contribution >= 0.6 is 11.6 Å². The molecule has 0 unspecified atom stereocenters. The predicted molar refractivity (Wildman–Crippen MR) is 47.8 cm³/mol. The Balaban J connectivity index is 2.42. The van der Waals surface area contributed by atoms with Gasteiger partial charge in [-0.25, -0.2) is 0 Å². The summed E-state index contributed by atoms with van der Waals surface area (Å²) in [4.78, 5) is 0. The number of rotatable bonds is 1. The maximum atomic E-state index is 5.98. The van der Waals surface area contributed by atoms with Gasteiger partial charge in [0.25, 0.3) is 0 Å². The zero-order valence-electron chi connectivity index (χ0n) is 6.18. The van der Waals surface area contributed by atoms with Crippen molar-refractivity contribution in [2.45, 2.75) is 18.8 Å². The summed E-state index contributed by atoms with van der Waals surface area (Å²) in [5, 5.41) is 0.863. The number of benzene rings is 1. The SMILES string of the molecule is Nc1ccc(Cl)c(C2CC2)c1. The van der Waals surface area contributed by atoms with Gasteiger partial charge in [-0.2, -0.15) is 0 Å². The van der Waals surface area contributed by atoms with Gasteiger partial charge in [0.1, 0.15) is 0 Å². The molecule has 1 aromatic rings. The third-order valence-electron chi connectivity index (χ3n) is 2.04. The van der Waals surface area contributed by atoms with Crippen molar-refractivity contribution in [3.05, 3.63) is 28.8 Å². The molecule has 1 fully saturated rings. The van der Waals surface area contributed by atoms with Crippen LogP contribution in [-0.2, 0) is 0 Å². The van der Waals surface area contributed by atoms with Gasteiger partial charge >= 0.3 is 0 Å². The van der Waals surface area contributed by atoms with Crippen molar-refractivity contribution in [1.29, 1.82) is 0 Å². The van der Waals surface area contributed by atoms with E-state index in [1.165, 1.54) is 18.4 Å². The molecule has 2 heteroatoms. The van der Waals surface area contributed by atoms with Crippen LogP contribution in [0.4, 0.5) is 5.69 Å². The fraction of sp³-hybridized carbons (Fsp3) is 0.333. The quantitative estimate of drug-likeness (QED) is 0.640. The van der Waals surface area contributed by atoms with Crippen LogP contribution in [0.3, 0.4) is 0 Å². The summed E-state index contributed by atoms with van der Waals surface area (Å²) >= 11 is 5.98. The molecule has 0 radical (unpaired) electrons. The van der Waals surface area contributed by atoms with Crippen LogP contribution in [0.1, 0.15) is 24.3 Å². The molecule has 0 heterocycles. The van der Waals surface area contributed by atoms with Crippen LogP contribution in [0.15, 0.2) is 18.2 Å². The minimum Gasteiger partial charge on any atom is -0.399 e. The van der Waals surface area contributed by atoms with Gasteiger partial charge in [-0.3, -0.25) is 0 Å². The molecule has 1 aromatic carbocycles. The molecule has 0 aliphatic heterocycles. The molecule has 0 aromatic heterocycles. The van der Waals surface area contributed by atoms with Crippen molar-refractivity contribution < 1.29 is 0 Å². The average molecular weight is 168 g/mol. The van der Waals surface area contributed by atoms with Crippen LogP contribution < -0.4 is 5.73 Å². The molecule has 58 valence electrons. The largest absolute Gasteiger partial charge is 0.399 e. The van der Waals surface area contributed by atoms with Gasteiger partial charge in [-0.05, 0) is 42.5 Å². The van der Waals surface area contributed by atoms with E-state index in [9.17, 15) is 0 Å². The Morgan fingerprint density at radius 1 is 1.36 bits per heavy atom. The number of anilines is 1. The van der Waals surface area contributed by atoms with Crippen molar-refractivity contribution in [3.8, 4) is 0 Å². The van der Waals surface area contributed by atoms with Crippen LogP contribution in [0.25, 0.3) is 0 Å². The number of halogens is 1. The molecule has 0 saturated heterocycles. The highest BCUT2D eigenvalue weighted by molar-refractivity contribution is 6.31. The zero-order valence-corrected chi connectivity index (χ0v) is 6.93. The molecule has 0 amide bonds. The highest BCUT2D eigenvalue weighted by Gasteiger charge is 2.25. The van der Waals surface area contributed by atoms with Crippen LogP contribution in [-0.4, -0.2) is 0 Å². The zero-order chi connectivity index (χ0) is 7.84. The minimum atomic E-state index is 0.686. The van der Waals surface area contributed by atoms with Gasteiger partial charge in [0, 0.05) is 10.7 Å². The van der Waals surface area contributed by atoms with Gasteiger partial charge in [0.15, 0.2) is 0 Å². The van der Waals surface area contributed by atoms with Crippen LogP contribution in [0.5, 0.6) is 0 Å². The van der Waals surface area contributed by atoms with Crippen LogP contribution in [0, 0.1) is 0 Å². The van der Waals surface area contributed by atoms with Crippen molar-refractivity contribution in [2.24, 2.45) is 0 Å². The molecule has 0 bridgehead atoms. The lowest BCUT2D eigenvalue weighted by atomic mass is 10.1. The Bertz CT molecular complexity index is 279. The van der Waals surface area contributed by atoms with E-state index in [0.717, 1.165) is 10.7 Å². The fourth-order valence-electron chi connectivity index (χ4n) is 1.27. The Morgan fingerprint density at radius 3 is 2.73 bits per heavy atom. The molecule has 11 heavy (non-hydrogen) atoms. The second-order valence-corrected chi connectivity index (χ2v) is 3.46. The van der Waals surface area contributed by atoms with Gasteiger partial charge < -0.3 is 5.73 Å². The number of nitrogen functional groups attached to an aromatic ring is 1. The highest BCUT2D eigenvalue weighted by atomic mass is 35.5. The van der Waals surface area contributed by atoms with Gasteiger partial charge in [0.2, 0.25) is 0 Å². The average Bonchev–Trinajstić information content (AvgIpc) is 2.76. The maximum Gasteiger partial charge on any atom is 0.0442 e. The smallest absolute Gasteiger partial charge is 0.0442 e. The minimum absolute atomic E-state index is 0.686. The molecule has 2 N–H and O–H groups in total. The normalized spacial score (nSPS) is 16.8. The number of hydrogen-bond acceptors (Lipinski definition) is 1. The third-order valence-corrected chi connectivity index (χ3v) is 2.38. The van der Waals surface area contributed by atoms with E-state index in [0.29, 0.717) is 5.92 Å². The summed E-state index contributed by atoms with van der Waals surface area (Å²) in [6.45, 7) is 0. The van der Waals surface area contributed by atoms with Crippen LogP contribution in [0.2, 0.25) is 5.02 Å². The highest BCUT2D eigenvalue weighted by Crippen LogP contribution is 2.43. The Labute approximate surface area is 71.2 Å². The Morgan fingerprint density at radius 2 is 2.09 bits per heavy atom. The first kappa shape index (κ1) is 6.99. The van der Waals surface area contributed by atoms with E-state index in [-0.39, 0.29) is 0 Å². The topological polar surface area (TPSA) is 26.0 Å². The molecule has 0 spiro atoms. The molecule has 1 aliphatic carbocycles. The van der Waals surface area contributed by atoms with Gasteiger partial charge in [-0.15, -0.1) is 0 Å². The predicted octanol–water partition coefficient (Wildman–Crippen LogP) is 2.80. The molecule has 0 atom stereocenters. The van der Waals surface area contributed by atoms with Crippen molar-refractivity contribution >= 4 is 17.3 Å².